The van der Waals surface area contributed by atoms with E-state index in [2.05, 4.69) is 0 Å². The Hall–Kier alpha value is -1.30. The van der Waals surface area contributed by atoms with Gasteiger partial charge in [0.2, 0.25) is 0 Å². The van der Waals surface area contributed by atoms with Crippen LogP contribution in [0.5, 0.6) is 0 Å². The van der Waals surface area contributed by atoms with Gasteiger partial charge in [-0.25, -0.2) is 0 Å². The van der Waals surface area contributed by atoms with Crippen molar-refractivity contribution >= 4 is 6.29 Å². The highest BCUT2D eigenvalue weighted by Crippen LogP contribution is 2.08. The predicted octanol–water partition coefficient (Wildman–Crippen LogP) is 0.689. The van der Waals surface area contributed by atoms with Gasteiger partial charge in [-0.1, -0.05) is 0 Å². The van der Waals surface area contributed by atoms with Crippen molar-refractivity contribution in [3.8, 4) is 6.07 Å². The van der Waals surface area contributed by atoms with Gasteiger partial charge in [0.1, 0.15) is 11.6 Å². The number of hydrogen-bond acceptors (Lipinski definition) is 3. The van der Waals surface area contributed by atoms with Crippen LogP contribution in [-0.2, 0) is 4.79 Å². The molecule has 0 amide bonds. The third-order valence-electron chi connectivity index (χ3n) is 1.72. The van der Waals surface area contributed by atoms with Crippen LogP contribution in [-0.4, -0.2) is 24.3 Å². The quantitative estimate of drug-likeness (QED) is 0.330. The van der Waals surface area contributed by atoms with Crippen molar-refractivity contribution in [2.75, 3.05) is 13.1 Å². The lowest BCUT2D eigenvalue weighted by molar-refractivity contribution is -0.104. The second-order valence-electron chi connectivity index (χ2n) is 2.56. The molecule has 1 fully saturated rings. The molecule has 0 spiro atoms. The fourth-order valence-electron chi connectivity index (χ4n) is 1.15. The summed E-state index contributed by atoms with van der Waals surface area (Å²) < 4.78 is 0. The lowest BCUT2D eigenvalue weighted by atomic mass is 10.3. The lowest BCUT2D eigenvalue weighted by Gasteiger charge is -2.09. The second kappa shape index (κ2) is 3.77. The Balaban J connectivity index is 2.55. The minimum Gasteiger partial charge on any atom is -0.376 e. The van der Waals surface area contributed by atoms with Crippen LogP contribution in [0.4, 0.5) is 0 Å². The molecule has 0 unspecified atom stereocenters. The van der Waals surface area contributed by atoms with Gasteiger partial charge in [-0.15, -0.1) is 0 Å². The van der Waals surface area contributed by atoms with Crippen molar-refractivity contribution in [2.45, 2.75) is 12.8 Å². The van der Waals surface area contributed by atoms with E-state index in [4.69, 9.17) is 5.26 Å². The molecule has 0 N–H and O–H groups in total. The largest absolute Gasteiger partial charge is 0.376 e. The molecule has 0 atom stereocenters. The Morgan fingerprint density at radius 3 is 2.55 bits per heavy atom. The Kier molecular flexibility index (Phi) is 2.67. The average molecular weight is 150 g/mol. The fraction of sp³-hybridized carbons (Fsp3) is 0.500. The van der Waals surface area contributed by atoms with E-state index < -0.39 is 0 Å². The molecule has 0 aromatic carbocycles. The first-order valence-electron chi connectivity index (χ1n) is 3.68. The van der Waals surface area contributed by atoms with E-state index in [0.29, 0.717) is 6.29 Å². The van der Waals surface area contributed by atoms with Gasteiger partial charge in [-0.2, -0.15) is 5.26 Å². The molecule has 0 aromatic rings. The van der Waals surface area contributed by atoms with Crippen LogP contribution in [0.25, 0.3) is 0 Å². The van der Waals surface area contributed by atoms with Crippen molar-refractivity contribution in [1.82, 2.24) is 4.90 Å². The summed E-state index contributed by atoms with van der Waals surface area (Å²) in [7, 11) is 0. The molecule has 3 nitrogen and oxygen atoms in total. The minimum atomic E-state index is 0.215. The Morgan fingerprint density at radius 1 is 1.45 bits per heavy atom. The van der Waals surface area contributed by atoms with Gasteiger partial charge in [0.25, 0.3) is 0 Å². The molecule has 0 aromatic heterocycles. The maximum absolute atomic E-state index is 10.2. The molecule has 1 rings (SSSR count). The molecule has 0 bridgehead atoms. The monoisotopic (exact) mass is 150 g/mol. The molecule has 3 heteroatoms. The maximum atomic E-state index is 10.2. The van der Waals surface area contributed by atoms with Gasteiger partial charge in [0, 0.05) is 19.3 Å². The average Bonchev–Trinajstić information content (AvgIpc) is 2.52. The van der Waals surface area contributed by atoms with Crippen molar-refractivity contribution < 1.29 is 4.79 Å². The third-order valence-corrected chi connectivity index (χ3v) is 1.72. The molecule has 1 saturated heterocycles. The van der Waals surface area contributed by atoms with E-state index in [0.717, 1.165) is 25.9 Å². The topological polar surface area (TPSA) is 44.1 Å². The van der Waals surface area contributed by atoms with E-state index in [9.17, 15) is 4.79 Å². The first-order chi connectivity index (χ1) is 5.36. The van der Waals surface area contributed by atoms with E-state index in [1.807, 2.05) is 11.0 Å². The van der Waals surface area contributed by atoms with Gasteiger partial charge in [0.05, 0.1) is 0 Å². The van der Waals surface area contributed by atoms with E-state index in [1.165, 1.54) is 0 Å². The number of likely N-dealkylation sites (tertiary alicyclic amines) is 1. The smallest absolute Gasteiger partial charge is 0.162 e. The Morgan fingerprint density at radius 2 is 2.09 bits per heavy atom. The van der Waals surface area contributed by atoms with Crippen molar-refractivity contribution in [1.29, 1.82) is 5.26 Å². The van der Waals surface area contributed by atoms with Gasteiger partial charge in [-0.05, 0) is 12.8 Å². The predicted molar refractivity (Wildman–Crippen MR) is 40.6 cm³/mol. The van der Waals surface area contributed by atoms with Crippen LogP contribution in [0.1, 0.15) is 12.8 Å². The molecule has 0 radical (unpaired) electrons. The lowest BCUT2D eigenvalue weighted by Crippen LogP contribution is -2.11. The van der Waals surface area contributed by atoms with Crippen molar-refractivity contribution in [2.24, 2.45) is 0 Å². The molecule has 0 saturated carbocycles. The number of aldehydes is 1. The molecule has 0 aliphatic carbocycles. The van der Waals surface area contributed by atoms with Crippen LogP contribution in [0.15, 0.2) is 11.8 Å². The SMILES string of the molecule is N#CC(C=O)=CN1CCCC1. The number of hydrogen-bond donors (Lipinski definition) is 0. The number of nitrogens with zero attached hydrogens (tertiary/aromatic N) is 2. The number of carbonyl (C=O) groups is 1. The van der Waals surface area contributed by atoms with Crippen LogP contribution in [0.2, 0.25) is 0 Å². The Bertz CT molecular complexity index is 209. The zero-order chi connectivity index (χ0) is 8.10. The van der Waals surface area contributed by atoms with Crippen LogP contribution < -0.4 is 0 Å². The third kappa shape index (κ3) is 2.08. The molecular weight excluding hydrogens is 140 g/mol. The van der Waals surface area contributed by atoms with Gasteiger partial charge < -0.3 is 4.90 Å². The summed E-state index contributed by atoms with van der Waals surface area (Å²) >= 11 is 0. The van der Waals surface area contributed by atoms with Crippen LogP contribution in [0.3, 0.4) is 0 Å². The zero-order valence-electron chi connectivity index (χ0n) is 6.29. The number of rotatable bonds is 2. The van der Waals surface area contributed by atoms with Gasteiger partial charge >= 0.3 is 0 Å². The zero-order valence-corrected chi connectivity index (χ0v) is 6.29. The highest BCUT2D eigenvalue weighted by Gasteiger charge is 2.07. The van der Waals surface area contributed by atoms with E-state index in [1.54, 1.807) is 6.20 Å². The van der Waals surface area contributed by atoms with Crippen LogP contribution >= 0.6 is 0 Å². The van der Waals surface area contributed by atoms with Gasteiger partial charge in [-0.3, -0.25) is 4.79 Å². The molecule has 11 heavy (non-hydrogen) atoms. The molecule has 58 valence electrons. The minimum absolute atomic E-state index is 0.215. The molecule has 1 aliphatic rings. The summed E-state index contributed by atoms with van der Waals surface area (Å²) in [6.45, 7) is 1.94. The maximum Gasteiger partial charge on any atom is 0.162 e. The van der Waals surface area contributed by atoms with E-state index >= 15 is 0 Å². The molecule has 1 aliphatic heterocycles. The highest BCUT2D eigenvalue weighted by molar-refractivity contribution is 5.78. The Labute approximate surface area is 65.9 Å². The van der Waals surface area contributed by atoms with Crippen molar-refractivity contribution in [3.63, 3.8) is 0 Å². The number of allylic oxidation sites excluding steroid dienone is 1. The number of carbonyl (C=O) groups excluding carboxylic acids is 1. The van der Waals surface area contributed by atoms with Crippen LogP contribution in [0, 0.1) is 11.3 Å². The fourth-order valence-corrected chi connectivity index (χ4v) is 1.15. The summed E-state index contributed by atoms with van der Waals surface area (Å²) in [6, 6.07) is 1.83. The standard InChI is InChI=1S/C8H10N2O/c9-5-8(7-11)6-10-3-1-2-4-10/h6-7H,1-4H2. The normalized spacial score (nSPS) is 18.1. The summed E-state index contributed by atoms with van der Waals surface area (Å²) in [5.74, 6) is 0. The first-order valence-corrected chi connectivity index (χ1v) is 3.68. The molecule has 1 heterocycles. The number of nitriles is 1. The summed E-state index contributed by atoms with van der Waals surface area (Å²) in [4.78, 5) is 12.2. The summed E-state index contributed by atoms with van der Waals surface area (Å²) in [5, 5.41) is 8.41. The van der Waals surface area contributed by atoms with Gasteiger partial charge in [0.15, 0.2) is 6.29 Å². The summed E-state index contributed by atoms with van der Waals surface area (Å²) in [5.41, 5.74) is 0.215. The summed E-state index contributed by atoms with van der Waals surface area (Å²) in [6.07, 6.45) is 4.56. The first kappa shape index (κ1) is 7.80. The highest BCUT2D eigenvalue weighted by atomic mass is 16.1. The molecular formula is C8H10N2O. The van der Waals surface area contributed by atoms with Crippen molar-refractivity contribution in [3.05, 3.63) is 11.8 Å². The second-order valence-corrected chi connectivity index (χ2v) is 2.56. The van der Waals surface area contributed by atoms with E-state index in [-0.39, 0.29) is 5.57 Å².